The Balaban J connectivity index is 0.00000116. The van der Waals surface area contributed by atoms with Crippen molar-refractivity contribution in [2.45, 2.75) is 57.8 Å². The minimum Gasteiger partial charge on any atom is -0.481 e. The molecule has 0 aliphatic heterocycles. The largest absolute Gasteiger partial charge is 0.481 e. The maximum atomic E-state index is 10.8. The van der Waals surface area contributed by atoms with Crippen molar-refractivity contribution in [1.29, 1.82) is 0 Å². The maximum Gasteiger partial charge on any atom is 0.303 e. The molecule has 2 rings (SSSR count). The molecule has 2 heteroatoms. The molecular formula is C20H28O2. The summed E-state index contributed by atoms with van der Waals surface area (Å²) in [6.07, 6.45) is 18.2. The van der Waals surface area contributed by atoms with E-state index < -0.39 is 5.97 Å². The first-order chi connectivity index (χ1) is 10.8. The normalized spacial score (nSPS) is 20.1. The highest BCUT2D eigenvalue weighted by atomic mass is 16.4. The summed E-state index contributed by atoms with van der Waals surface area (Å²) >= 11 is 0. The topological polar surface area (TPSA) is 37.3 Å². The Bertz CT molecular complexity index is 436. The number of terminal acetylenes is 1. The Kier molecular flexibility index (Phi) is 9.07. The minimum atomic E-state index is -0.619. The van der Waals surface area contributed by atoms with Crippen molar-refractivity contribution in [3.8, 4) is 12.8 Å². The highest BCUT2D eigenvalue weighted by Gasteiger charge is 2.28. The summed E-state index contributed by atoms with van der Waals surface area (Å²) < 4.78 is 0. The van der Waals surface area contributed by atoms with Crippen LogP contribution in [0.25, 0.3) is 0 Å². The molecule has 1 aliphatic carbocycles. The Labute approximate surface area is 134 Å². The lowest BCUT2D eigenvalue weighted by molar-refractivity contribution is -0.138. The Morgan fingerprint density at radius 3 is 2.41 bits per heavy atom. The summed E-state index contributed by atoms with van der Waals surface area (Å²) in [5, 5.41) is 8.93. The van der Waals surface area contributed by atoms with Crippen molar-refractivity contribution in [3.63, 3.8) is 0 Å². The molecule has 1 aromatic rings. The molecule has 1 saturated carbocycles. The smallest absolute Gasteiger partial charge is 0.303 e. The van der Waals surface area contributed by atoms with Crippen LogP contribution >= 0.6 is 0 Å². The first kappa shape index (κ1) is 18.3. The summed E-state index contributed by atoms with van der Waals surface area (Å²) in [6.45, 7) is 0. The van der Waals surface area contributed by atoms with E-state index in [2.05, 4.69) is 43.2 Å². The quantitative estimate of drug-likeness (QED) is 0.546. The number of unbranched alkanes of at least 4 members (excludes halogenated alkanes) is 2. The number of carboxylic acids is 1. The van der Waals surface area contributed by atoms with E-state index >= 15 is 0 Å². The van der Waals surface area contributed by atoms with E-state index in [1.165, 1.54) is 50.5 Å². The van der Waals surface area contributed by atoms with Crippen LogP contribution in [0.1, 0.15) is 56.9 Å². The highest BCUT2D eigenvalue weighted by Crippen LogP contribution is 2.37. The van der Waals surface area contributed by atoms with E-state index in [9.17, 15) is 4.79 Å². The van der Waals surface area contributed by atoms with Gasteiger partial charge >= 0.3 is 5.97 Å². The molecule has 0 amide bonds. The molecule has 0 radical (unpaired) electrons. The Hall–Kier alpha value is -1.75. The van der Waals surface area contributed by atoms with Crippen LogP contribution in [0.3, 0.4) is 0 Å². The van der Waals surface area contributed by atoms with Crippen molar-refractivity contribution in [2.24, 2.45) is 11.8 Å². The van der Waals surface area contributed by atoms with Crippen LogP contribution in [0.4, 0.5) is 0 Å². The summed E-state index contributed by atoms with van der Waals surface area (Å²) in [6, 6.07) is 10.7. The van der Waals surface area contributed by atoms with E-state index in [0.717, 1.165) is 6.42 Å². The zero-order valence-electron chi connectivity index (χ0n) is 13.4. The third-order valence-corrected chi connectivity index (χ3v) is 4.64. The van der Waals surface area contributed by atoms with E-state index in [1.807, 2.05) is 0 Å². The number of hydrogen-bond donors (Lipinski definition) is 1. The fourth-order valence-corrected chi connectivity index (χ4v) is 3.54. The SMILES string of the molecule is C#C.O=C(O)C[C@H]1CCCC1CCCCCc1ccccc1. The molecule has 2 nitrogen and oxygen atoms in total. The molecule has 0 saturated heterocycles. The first-order valence-corrected chi connectivity index (χ1v) is 8.35. The van der Waals surface area contributed by atoms with E-state index in [-0.39, 0.29) is 0 Å². The first-order valence-electron chi connectivity index (χ1n) is 8.35. The van der Waals surface area contributed by atoms with Gasteiger partial charge in [-0.05, 0) is 36.7 Å². The lowest BCUT2D eigenvalue weighted by atomic mass is 9.88. The zero-order chi connectivity index (χ0) is 16.2. The molecule has 0 spiro atoms. The van der Waals surface area contributed by atoms with Gasteiger partial charge in [0, 0.05) is 6.42 Å². The second-order valence-corrected chi connectivity index (χ2v) is 6.13. The number of aliphatic carboxylic acids is 1. The number of aryl methyl sites for hydroxylation is 1. The van der Waals surface area contributed by atoms with Gasteiger partial charge in [-0.2, -0.15) is 0 Å². The standard InChI is InChI=1S/C18H26O2.C2H2/c19-18(20)14-17-13-7-12-16(17)11-6-2-5-10-15-8-3-1-4-9-15;1-2/h1,3-4,8-9,16-17H,2,5-7,10-14H2,(H,19,20);1-2H/t16?,17-;/m1./s1. The summed E-state index contributed by atoms with van der Waals surface area (Å²) in [7, 11) is 0. The van der Waals surface area contributed by atoms with Gasteiger partial charge in [0.25, 0.3) is 0 Å². The number of carboxylic acid groups (broad SMARTS) is 1. The van der Waals surface area contributed by atoms with E-state index in [4.69, 9.17) is 5.11 Å². The van der Waals surface area contributed by atoms with Gasteiger partial charge in [-0.1, -0.05) is 62.4 Å². The van der Waals surface area contributed by atoms with Gasteiger partial charge < -0.3 is 5.11 Å². The number of rotatable bonds is 8. The van der Waals surface area contributed by atoms with E-state index in [0.29, 0.717) is 18.3 Å². The summed E-state index contributed by atoms with van der Waals surface area (Å²) in [5.74, 6) is 0.496. The molecule has 1 aliphatic rings. The lowest BCUT2D eigenvalue weighted by Gasteiger charge is -2.17. The van der Waals surface area contributed by atoms with Crippen molar-refractivity contribution >= 4 is 5.97 Å². The van der Waals surface area contributed by atoms with Crippen LogP contribution in [0.5, 0.6) is 0 Å². The molecule has 0 aromatic heterocycles. The maximum absolute atomic E-state index is 10.8. The fourth-order valence-electron chi connectivity index (χ4n) is 3.54. The van der Waals surface area contributed by atoms with Crippen molar-refractivity contribution < 1.29 is 9.90 Å². The van der Waals surface area contributed by atoms with Gasteiger partial charge in [-0.25, -0.2) is 0 Å². The van der Waals surface area contributed by atoms with Crippen LogP contribution in [-0.2, 0) is 11.2 Å². The predicted octanol–water partition coefficient (Wildman–Crippen LogP) is 4.93. The van der Waals surface area contributed by atoms with Crippen molar-refractivity contribution in [1.82, 2.24) is 0 Å². The van der Waals surface area contributed by atoms with Crippen molar-refractivity contribution in [3.05, 3.63) is 35.9 Å². The highest BCUT2D eigenvalue weighted by molar-refractivity contribution is 5.67. The van der Waals surface area contributed by atoms with E-state index in [1.54, 1.807) is 0 Å². The Morgan fingerprint density at radius 1 is 1.05 bits per heavy atom. The molecule has 2 atom stereocenters. The van der Waals surface area contributed by atoms with Crippen LogP contribution in [0.2, 0.25) is 0 Å². The number of hydrogen-bond acceptors (Lipinski definition) is 1. The fraction of sp³-hybridized carbons (Fsp3) is 0.550. The molecule has 120 valence electrons. The van der Waals surface area contributed by atoms with Gasteiger partial charge in [0.15, 0.2) is 0 Å². The third kappa shape index (κ3) is 6.80. The average molecular weight is 300 g/mol. The predicted molar refractivity (Wildman–Crippen MR) is 91.6 cm³/mol. The molecule has 1 aromatic carbocycles. The van der Waals surface area contributed by atoms with Crippen LogP contribution in [0.15, 0.2) is 30.3 Å². The van der Waals surface area contributed by atoms with Crippen LogP contribution in [0, 0.1) is 24.7 Å². The molecule has 1 fully saturated rings. The van der Waals surface area contributed by atoms with Gasteiger partial charge in [-0.3, -0.25) is 4.79 Å². The second-order valence-electron chi connectivity index (χ2n) is 6.13. The second kappa shape index (κ2) is 10.9. The lowest BCUT2D eigenvalue weighted by Crippen LogP contribution is -2.12. The summed E-state index contributed by atoms with van der Waals surface area (Å²) in [4.78, 5) is 10.8. The van der Waals surface area contributed by atoms with Gasteiger partial charge in [0.2, 0.25) is 0 Å². The monoisotopic (exact) mass is 300 g/mol. The van der Waals surface area contributed by atoms with Crippen molar-refractivity contribution in [2.75, 3.05) is 0 Å². The van der Waals surface area contributed by atoms with Gasteiger partial charge in [-0.15, -0.1) is 12.8 Å². The Morgan fingerprint density at radius 2 is 1.73 bits per heavy atom. The van der Waals surface area contributed by atoms with Crippen LogP contribution < -0.4 is 0 Å². The average Bonchev–Trinajstić information content (AvgIpc) is 2.96. The summed E-state index contributed by atoms with van der Waals surface area (Å²) in [5.41, 5.74) is 1.43. The molecule has 1 N–H and O–H groups in total. The number of carbonyl (C=O) groups is 1. The zero-order valence-corrected chi connectivity index (χ0v) is 13.4. The number of benzene rings is 1. The molecule has 0 bridgehead atoms. The molecule has 1 unspecified atom stereocenters. The van der Waals surface area contributed by atoms with Gasteiger partial charge in [0.1, 0.15) is 0 Å². The molecular weight excluding hydrogens is 272 g/mol. The van der Waals surface area contributed by atoms with Gasteiger partial charge in [0.05, 0.1) is 0 Å². The molecule has 0 heterocycles. The van der Waals surface area contributed by atoms with Crippen LogP contribution in [-0.4, -0.2) is 11.1 Å². The third-order valence-electron chi connectivity index (χ3n) is 4.64. The minimum absolute atomic E-state index is 0.384. The molecule has 22 heavy (non-hydrogen) atoms.